The van der Waals surface area contributed by atoms with Crippen LogP contribution in [0.15, 0.2) is 29.2 Å². The highest BCUT2D eigenvalue weighted by molar-refractivity contribution is 7.97. The van der Waals surface area contributed by atoms with Crippen molar-refractivity contribution in [2.24, 2.45) is 5.92 Å². The van der Waals surface area contributed by atoms with Crippen LogP contribution in [0.25, 0.3) is 0 Å². The minimum atomic E-state index is 0.779. The van der Waals surface area contributed by atoms with Crippen molar-refractivity contribution in [3.05, 3.63) is 24.3 Å². The van der Waals surface area contributed by atoms with Crippen molar-refractivity contribution in [3.8, 4) is 5.75 Å². The second-order valence-corrected chi connectivity index (χ2v) is 7.54. The Hall–Kier alpha value is -0.670. The molecule has 1 heterocycles. The van der Waals surface area contributed by atoms with Crippen molar-refractivity contribution in [3.63, 3.8) is 0 Å². The molecule has 2 aliphatic rings. The van der Waals surface area contributed by atoms with E-state index in [2.05, 4.69) is 28.6 Å². The summed E-state index contributed by atoms with van der Waals surface area (Å²) in [5.41, 5.74) is 0. The quantitative estimate of drug-likeness (QED) is 0.699. The van der Waals surface area contributed by atoms with E-state index in [1.54, 1.807) is 0 Å². The van der Waals surface area contributed by atoms with Gasteiger partial charge in [-0.1, -0.05) is 25.7 Å². The maximum absolute atomic E-state index is 5.97. The molecule has 116 valence electrons. The molecule has 0 amide bonds. The van der Waals surface area contributed by atoms with E-state index in [1.165, 1.54) is 69.4 Å². The standard InChI is InChI=1S/C18H27NOS/c1-3-7-16(8-4-1)15-20-17-9-11-18(12-10-17)21-19-13-5-2-6-14-19/h9-12,16H,1-8,13-15H2. The van der Waals surface area contributed by atoms with Crippen molar-refractivity contribution < 1.29 is 4.74 Å². The van der Waals surface area contributed by atoms with Gasteiger partial charge in [0.15, 0.2) is 0 Å². The van der Waals surface area contributed by atoms with Gasteiger partial charge in [-0.25, -0.2) is 4.31 Å². The Morgan fingerprint density at radius 1 is 0.905 bits per heavy atom. The summed E-state index contributed by atoms with van der Waals surface area (Å²) in [4.78, 5) is 1.34. The van der Waals surface area contributed by atoms with Crippen LogP contribution in [-0.4, -0.2) is 24.0 Å². The van der Waals surface area contributed by atoms with Gasteiger partial charge in [0.05, 0.1) is 6.61 Å². The van der Waals surface area contributed by atoms with E-state index in [1.807, 2.05) is 11.9 Å². The Balaban J connectivity index is 1.44. The van der Waals surface area contributed by atoms with Gasteiger partial charge in [-0.15, -0.1) is 0 Å². The van der Waals surface area contributed by atoms with E-state index in [-0.39, 0.29) is 0 Å². The summed E-state index contributed by atoms with van der Waals surface area (Å²) in [7, 11) is 0. The van der Waals surface area contributed by atoms with Gasteiger partial charge in [0, 0.05) is 18.0 Å². The van der Waals surface area contributed by atoms with Gasteiger partial charge in [-0.2, -0.15) is 0 Å². The first-order valence-corrected chi connectivity index (χ1v) is 9.33. The maximum atomic E-state index is 5.97. The van der Waals surface area contributed by atoms with Crippen molar-refractivity contribution in [2.75, 3.05) is 19.7 Å². The molecule has 0 unspecified atom stereocenters. The highest BCUT2D eigenvalue weighted by atomic mass is 32.2. The lowest BCUT2D eigenvalue weighted by Gasteiger charge is -2.25. The summed E-state index contributed by atoms with van der Waals surface area (Å²) in [5.74, 6) is 1.81. The normalized spacial score (nSPS) is 21.3. The number of piperidine rings is 1. The molecule has 1 aromatic rings. The topological polar surface area (TPSA) is 12.5 Å². The third-order valence-corrected chi connectivity index (χ3v) is 5.69. The minimum Gasteiger partial charge on any atom is -0.493 e. The lowest BCUT2D eigenvalue weighted by Crippen LogP contribution is -2.22. The molecule has 0 bridgehead atoms. The van der Waals surface area contributed by atoms with Crippen molar-refractivity contribution >= 4 is 11.9 Å². The van der Waals surface area contributed by atoms with Crippen LogP contribution in [0, 0.1) is 5.92 Å². The molecule has 2 nitrogen and oxygen atoms in total. The molecular weight excluding hydrogens is 278 g/mol. The first-order valence-electron chi connectivity index (χ1n) is 8.56. The number of nitrogens with zero attached hydrogens (tertiary/aromatic N) is 1. The molecule has 1 aromatic carbocycles. The molecule has 1 saturated heterocycles. The van der Waals surface area contributed by atoms with Crippen molar-refractivity contribution in [1.82, 2.24) is 4.31 Å². The summed E-state index contributed by atoms with van der Waals surface area (Å²) in [6.07, 6.45) is 11.0. The molecule has 2 fully saturated rings. The summed E-state index contributed by atoms with van der Waals surface area (Å²) in [5, 5.41) is 0. The molecule has 0 aromatic heterocycles. The second kappa shape index (κ2) is 8.09. The van der Waals surface area contributed by atoms with Crippen LogP contribution in [0.1, 0.15) is 51.4 Å². The molecule has 21 heavy (non-hydrogen) atoms. The fourth-order valence-corrected chi connectivity index (χ4v) is 4.27. The molecule has 0 N–H and O–H groups in total. The predicted molar refractivity (Wildman–Crippen MR) is 89.8 cm³/mol. The number of benzene rings is 1. The average Bonchev–Trinajstić information content (AvgIpc) is 2.56. The van der Waals surface area contributed by atoms with E-state index >= 15 is 0 Å². The zero-order valence-corrected chi connectivity index (χ0v) is 13.7. The molecule has 3 rings (SSSR count). The van der Waals surface area contributed by atoms with Crippen LogP contribution in [0.4, 0.5) is 0 Å². The summed E-state index contributed by atoms with van der Waals surface area (Å²) in [6.45, 7) is 3.35. The smallest absolute Gasteiger partial charge is 0.119 e. The van der Waals surface area contributed by atoms with Gasteiger partial charge in [-0.05, 0) is 67.8 Å². The van der Waals surface area contributed by atoms with Crippen LogP contribution in [0.5, 0.6) is 5.75 Å². The van der Waals surface area contributed by atoms with Gasteiger partial charge in [0.2, 0.25) is 0 Å². The lowest BCUT2D eigenvalue weighted by atomic mass is 9.90. The summed E-state index contributed by atoms with van der Waals surface area (Å²) < 4.78 is 8.46. The Morgan fingerprint density at radius 3 is 2.29 bits per heavy atom. The molecular formula is C18H27NOS. The SMILES string of the molecule is c1cc(SN2CCCCC2)ccc1OCC1CCCCC1. The van der Waals surface area contributed by atoms with Crippen LogP contribution < -0.4 is 4.74 Å². The van der Waals surface area contributed by atoms with E-state index in [4.69, 9.17) is 4.74 Å². The minimum absolute atomic E-state index is 0.779. The van der Waals surface area contributed by atoms with E-state index in [0.717, 1.165) is 18.3 Å². The van der Waals surface area contributed by atoms with Gasteiger partial charge in [0.25, 0.3) is 0 Å². The number of ether oxygens (including phenoxy) is 1. The Morgan fingerprint density at radius 2 is 1.57 bits per heavy atom. The Bertz CT molecular complexity index is 408. The largest absolute Gasteiger partial charge is 0.493 e. The van der Waals surface area contributed by atoms with Crippen LogP contribution in [0.2, 0.25) is 0 Å². The van der Waals surface area contributed by atoms with E-state index in [0.29, 0.717) is 0 Å². The third-order valence-electron chi connectivity index (χ3n) is 4.58. The molecule has 0 spiro atoms. The number of hydrogen-bond acceptors (Lipinski definition) is 3. The van der Waals surface area contributed by atoms with Crippen molar-refractivity contribution in [1.29, 1.82) is 0 Å². The van der Waals surface area contributed by atoms with Gasteiger partial charge in [-0.3, -0.25) is 0 Å². The first-order chi connectivity index (χ1) is 10.4. The molecule has 1 saturated carbocycles. The molecule has 1 aliphatic heterocycles. The second-order valence-electron chi connectivity index (χ2n) is 6.37. The van der Waals surface area contributed by atoms with E-state index < -0.39 is 0 Å². The highest BCUT2D eigenvalue weighted by Gasteiger charge is 2.14. The van der Waals surface area contributed by atoms with Crippen LogP contribution in [0.3, 0.4) is 0 Å². The van der Waals surface area contributed by atoms with Gasteiger partial charge < -0.3 is 4.74 Å². The zero-order chi connectivity index (χ0) is 14.3. The average molecular weight is 305 g/mol. The lowest BCUT2D eigenvalue weighted by molar-refractivity contribution is 0.209. The Kier molecular flexibility index (Phi) is 5.87. The van der Waals surface area contributed by atoms with Gasteiger partial charge in [0.1, 0.15) is 5.75 Å². The fraction of sp³-hybridized carbons (Fsp3) is 0.667. The molecule has 0 radical (unpaired) electrons. The molecule has 1 aliphatic carbocycles. The summed E-state index contributed by atoms with van der Waals surface area (Å²) >= 11 is 1.90. The third kappa shape index (κ3) is 4.93. The number of hydrogen-bond donors (Lipinski definition) is 0. The molecule has 0 atom stereocenters. The monoisotopic (exact) mass is 305 g/mol. The van der Waals surface area contributed by atoms with Gasteiger partial charge >= 0.3 is 0 Å². The Labute approximate surface area is 133 Å². The zero-order valence-electron chi connectivity index (χ0n) is 12.9. The molecule has 3 heteroatoms. The number of rotatable bonds is 5. The fourth-order valence-electron chi connectivity index (χ4n) is 3.27. The predicted octanol–water partition coefficient (Wildman–Crippen LogP) is 5.14. The maximum Gasteiger partial charge on any atom is 0.119 e. The van der Waals surface area contributed by atoms with Crippen molar-refractivity contribution in [2.45, 2.75) is 56.3 Å². The van der Waals surface area contributed by atoms with E-state index in [9.17, 15) is 0 Å². The first kappa shape index (κ1) is 15.2. The highest BCUT2D eigenvalue weighted by Crippen LogP contribution is 2.28. The van der Waals surface area contributed by atoms with Crippen LogP contribution in [-0.2, 0) is 0 Å². The summed E-state index contributed by atoms with van der Waals surface area (Å²) in [6, 6.07) is 8.68. The van der Waals surface area contributed by atoms with Crippen LogP contribution >= 0.6 is 11.9 Å².